The largest absolute Gasteiger partial charge is 0.711 e. The van der Waals surface area contributed by atoms with E-state index in [1.54, 1.807) is 18.5 Å². The molecule has 0 saturated carbocycles. The van der Waals surface area contributed by atoms with Crippen LogP contribution in [-0.2, 0) is 16.6 Å². The molecule has 0 spiro atoms. The van der Waals surface area contributed by atoms with Crippen LogP contribution in [0.25, 0.3) is 0 Å². The van der Waals surface area contributed by atoms with E-state index in [2.05, 4.69) is 0 Å². The quantitative estimate of drug-likeness (QED) is 0.461. The van der Waals surface area contributed by atoms with E-state index in [0.717, 1.165) is 20.2 Å². The van der Waals surface area contributed by atoms with Gasteiger partial charge in [0.05, 0.1) is 13.0 Å². The molecular formula is C16H24N4O4. The number of hydrogen-bond donors (Lipinski definition) is 0. The van der Waals surface area contributed by atoms with Crippen LogP contribution >= 0.6 is 0 Å². The molecule has 1 aromatic heterocycles. The van der Waals surface area contributed by atoms with Gasteiger partial charge < -0.3 is 5.21 Å². The topological polar surface area (TPSA) is 89.6 Å². The fraction of sp³-hybridized carbons (Fsp3) is 0.625. The van der Waals surface area contributed by atoms with Crippen molar-refractivity contribution in [3.63, 3.8) is 0 Å². The Bertz CT molecular complexity index is 673. The van der Waals surface area contributed by atoms with Crippen molar-refractivity contribution in [3.05, 3.63) is 22.4 Å². The molecule has 8 heteroatoms. The van der Waals surface area contributed by atoms with Gasteiger partial charge in [-0.2, -0.15) is 0 Å². The minimum absolute atomic E-state index is 0.148. The molecule has 8 nitrogen and oxygen atoms in total. The van der Waals surface area contributed by atoms with Crippen molar-refractivity contribution in [2.75, 3.05) is 14.1 Å². The van der Waals surface area contributed by atoms with Gasteiger partial charge in [0.1, 0.15) is 17.3 Å². The zero-order valence-corrected chi connectivity index (χ0v) is 15.2. The van der Waals surface area contributed by atoms with Crippen molar-refractivity contribution in [1.82, 2.24) is 14.4 Å². The number of aromatic nitrogens is 2. The Kier molecular flexibility index (Phi) is 4.43. The van der Waals surface area contributed by atoms with E-state index in [0.29, 0.717) is 11.5 Å². The maximum absolute atomic E-state index is 12.7. The predicted octanol–water partition coefficient (Wildman–Crippen LogP) is 0.682. The molecule has 1 atom stereocenters. The highest BCUT2D eigenvalue weighted by molar-refractivity contribution is 6.16. The first-order chi connectivity index (χ1) is 11.0. The third-order valence-corrected chi connectivity index (χ3v) is 5.03. The highest BCUT2D eigenvalue weighted by Crippen LogP contribution is 2.35. The summed E-state index contributed by atoms with van der Waals surface area (Å²) in [6, 6.07) is -0.655. The number of rotatable bonds is 3. The maximum atomic E-state index is 12.7. The number of carbonyl (C=O) groups is 3. The molecule has 4 amide bonds. The average molecular weight is 336 g/mol. The van der Waals surface area contributed by atoms with E-state index in [1.165, 1.54) is 14.1 Å². The first kappa shape index (κ1) is 18.0. The van der Waals surface area contributed by atoms with E-state index < -0.39 is 29.7 Å². The molecule has 0 radical (unpaired) electrons. The van der Waals surface area contributed by atoms with E-state index >= 15 is 0 Å². The summed E-state index contributed by atoms with van der Waals surface area (Å²) in [6.45, 7) is 7.24. The molecule has 0 bridgehead atoms. The normalized spacial score (nSPS) is 18.1. The Labute approximate surface area is 141 Å². The Morgan fingerprint density at radius 3 is 1.79 bits per heavy atom. The molecule has 132 valence electrons. The number of imidazole rings is 1. The minimum Gasteiger partial charge on any atom is -0.711 e. The second kappa shape index (κ2) is 5.92. The third kappa shape index (κ3) is 2.37. The molecule has 24 heavy (non-hydrogen) atoms. The highest BCUT2D eigenvalue weighted by Gasteiger charge is 2.51. The minimum atomic E-state index is -1.09. The molecule has 1 aliphatic rings. The van der Waals surface area contributed by atoms with E-state index in [-0.39, 0.29) is 5.92 Å². The summed E-state index contributed by atoms with van der Waals surface area (Å²) >= 11 is 0. The van der Waals surface area contributed by atoms with Gasteiger partial charge in [0.15, 0.2) is 0 Å². The highest BCUT2D eigenvalue weighted by atomic mass is 16.5. The van der Waals surface area contributed by atoms with Crippen LogP contribution in [0.15, 0.2) is 0 Å². The lowest BCUT2D eigenvalue weighted by Crippen LogP contribution is -2.59. The number of nitrogens with zero attached hydrogens (tertiary/aromatic N) is 4. The fourth-order valence-electron chi connectivity index (χ4n) is 3.30. The molecular weight excluding hydrogens is 312 g/mol. The number of imide groups is 2. The molecule has 0 N–H and O–H groups in total. The summed E-state index contributed by atoms with van der Waals surface area (Å²) in [4.78, 5) is 39.2. The van der Waals surface area contributed by atoms with Gasteiger partial charge in [-0.1, -0.05) is 13.8 Å². The average Bonchev–Trinajstić information content (AvgIpc) is 2.71. The zero-order valence-electron chi connectivity index (χ0n) is 15.2. The molecule has 1 aliphatic heterocycles. The summed E-state index contributed by atoms with van der Waals surface area (Å²) in [6.07, 6.45) is 0. The van der Waals surface area contributed by atoms with Gasteiger partial charge in [0, 0.05) is 27.9 Å². The molecule has 0 aliphatic carbocycles. The molecule has 1 fully saturated rings. The number of urea groups is 1. The lowest BCUT2D eigenvalue weighted by atomic mass is 9.80. The van der Waals surface area contributed by atoms with Gasteiger partial charge in [-0.25, -0.2) is 14.1 Å². The van der Waals surface area contributed by atoms with Gasteiger partial charge in [-0.05, 0) is 5.92 Å². The number of amides is 4. The SMILES string of the molecule is Cc1c(C)[n+]([O-])c([C@@H](C(C)C)C2C(=O)N(C)C(=O)N(C)C2=O)n1C. The maximum Gasteiger partial charge on any atom is 0.332 e. The second-order valence-corrected chi connectivity index (χ2v) is 6.71. The second-order valence-electron chi connectivity index (χ2n) is 6.71. The molecule has 0 unspecified atom stereocenters. The van der Waals surface area contributed by atoms with Gasteiger partial charge in [-0.3, -0.25) is 19.4 Å². The van der Waals surface area contributed by atoms with E-state index in [4.69, 9.17) is 0 Å². The lowest BCUT2D eigenvalue weighted by molar-refractivity contribution is -0.622. The van der Waals surface area contributed by atoms with Crippen molar-refractivity contribution < 1.29 is 19.1 Å². The van der Waals surface area contributed by atoms with E-state index in [1.807, 2.05) is 20.8 Å². The van der Waals surface area contributed by atoms with Crippen LogP contribution in [0.2, 0.25) is 0 Å². The van der Waals surface area contributed by atoms with Crippen molar-refractivity contribution in [3.8, 4) is 0 Å². The Morgan fingerprint density at radius 1 is 1.00 bits per heavy atom. The molecule has 1 saturated heterocycles. The Morgan fingerprint density at radius 2 is 1.46 bits per heavy atom. The van der Waals surface area contributed by atoms with Gasteiger partial charge in [0.2, 0.25) is 11.8 Å². The smallest absolute Gasteiger partial charge is 0.332 e. The molecule has 1 aromatic rings. The zero-order chi connectivity index (χ0) is 18.5. The van der Waals surface area contributed by atoms with Crippen LogP contribution < -0.4 is 4.73 Å². The lowest BCUT2D eigenvalue weighted by Gasteiger charge is -2.36. The fourth-order valence-corrected chi connectivity index (χ4v) is 3.30. The summed E-state index contributed by atoms with van der Waals surface area (Å²) in [5, 5.41) is 12.6. The van der Waals surface area contributed by atoms with Gasteiger partial charge >= 0.3 is 6.03 Å². The van der Waals surface area contributed by atoms with Crippen molar-refractivity contribution in [2.45, 2.75) is 33.6 Å². The monoisotopic (exact) mass is 336 g/mol. The predicted molar refractivity (Wildman–Crippen MR) is 85.9 cm³/mol. The Balaban J connectivity index is 2.64. The van der Waals surface area contributed by atoms with Crippen molar-refractivity contribution >= 4 is 17.8 Å². The number of barbiturate groups is 1. The van der Waals surface area contributed by atoms with Crippen LogP contribution in [0.4, 0.5) is 4.79 Å². The third-order valence-electron chi connectivity index (χ3n) is 5.03. The molecule has 0 aromatic carbocycles. The van der Waals surface area contributed by atoms with Crippen LogP contribution in [0.3, 0.4) is 0 Å². The van der Waals surface area contributed by atoms with E-state index in [9.17, 15) is 19.6 Å². The van der Waals surface area contributed by atoms with Crippen LogP contribution in [0.5, 0.6) is 0 Å². The van der Waals surface area contributed by atoms with Gasteiger partial charge in [0.25, 0.3) is 5.82 Å². The molecule has 2 heterocycles. The molecule has 2 rings (SSSR count). The summed E-state index contributed by atoms with van der Waals surface area (Å²) in [5.74, 6) is -2.65. The van der Waals surface area contributed by atoms with Crippen LogP contribution in [-0.4, -0.2) is 46.3 Å². The first-order valence-corrected chi connectivity index (χ1v) is 7.86. The number of hydrogen-bond acceptors (Lipinski definition) is 4. The van der Waals surface area contributed by atoms with Crippen molar-refractivity contribution in [2.24, 2.45) is 18.9 Å². The summed E-state index contributed by atoms with van der Waals surface area (Å²) in [7, 11) is 4.45. The number of carbonyl (C=O) groups excluding carboxylic acids is 3. The Hall–Kier alpha value is -2.38. The standard InChI is InChI=1S/C16H24N4O4/c1-8(2)11(13-17(5)9(3)10(4)20(13)24)12-14(21)18(6)16(23)19(7)15(12)22/h8,11-12H,1-7H3/t11-/m0/s1. The van der Waals surface area contributed by atoms with Crippen LogP contribution in [0, 0.1) is 30.9 Å². The van der Waals surface area contributed by atoms with Crippen molar-refractivity contribution in [1.29, 1.82) is 0 Å². The summed E-state index contributed by atoms with van der Waals surface area (Å²) in [5.41, 5.74) is 1.31. The van der Waals surface area contributed by atoms with Crippen LogP contribution in [0.1, 0.15) is 37.0 Å². The summed E-state index contributed by atoms with van der Waals surface area (Å²) < 4.78 is 2.51. The first-order valence-electron chi connectivity index (χ1n) is 7.86. The van der Waals surface area contributed by atoms with Gasteiger partial charge in [-0.15, -0.1) is 0 Å².